The van der Waals surface area contributed by atoms with Crippen molar-refractivity contribution >= 4 is 28.1 Å². The highest BCUT2D eigenvalue weighted by atomic mass is 79.9. The molecule has 0 aromatic heterocycles. The average Bonchev–Trinajstić information content (AvgIpc) is 2.57. The first-order valence-corrected chi connectivity index (χ1v) is 8.70. The number of hydrogen-bond donors (Lipinski definition) is 2. The Labute approximate surface area is 155 Å². The highest BCUT2D eigenvalue weighted by Gasteiger charge is 2.07. The van der Waals surface area contributed by atoms with Gasteiger partial charge >= 0.3 is 0 Å². The molecule has 6 heteroatoms. The third kappa shape index (κ3) is 5.60. The summed E-state index contributed by atoms with van der Waals surface area (Å²) in [5, 5.41) is 13.5. The largest absolute Gasteiger partial charge is 0.507 e. The fourth-order valence-corrected chi connectivity index (χ4v) is 2.49. The molecule has 0 aliphatic heterocycles. The molecule has 2 rings (SSSR count). The molecule has 0 aliphatic carbocycles. The molecular weight excluding hydrogens is 384 g/mol. The number of amides is 1. The van der Waals surface area contributed by atoms with Crippen molar-refractivity contribution in [2.45, 2.75) is 26.7 Å². The van der Waals surface area contributed by atoms with Gasteiger partial charge in [0.05, 0.1) is 6.21 Å². The van der Waals surface area contributed by atoms with E-state index in [1.165, 1.54) is 6.21 Å². The number of nitrogens with one attached hydrogen (secondary N) is 1. The summed E-state index contributed by atoms with van der Waals surface area (Å²) in [6.45, 7) is 6.01. The van der Waals surface area contributed by atoms with E-state index < -0.39 is 0 Å². The van der Waals surface area contributed by atoms with Crippen LogP contribution in [-0.2, 0) is 4.79 Å². The highest BCUT2D eigenvalue weighted by molar-refractivity contribution is 9.10. The second-order valence-electron chi connectivity index (χ2n) is 5.96. The predicted molar refractivity (Wildman–Crippen MR) is 102 cm³/mol. The number of benzene rings is 2. The van der Waals surface area contributed by atoms with Gasteiger partial charge < -0.3 is 9.84 Å². The van der Waals surface area contributed by atoms with E-state index in [0.29, 0.717) is 17.2 Å². The molecule has 25 heavy (non-hydrogen) atoms. The summed E-state index contributed by atoms with van der Waals surface area (Å²) < 4.78 is 6.40. The average molecular weight is 405 g/mol. The van der Waals surface area contributed by atoms with Crippen molar-refractivity contribution in [2.75, 3.05) is 6.61 Å². The molecule has 2 aromatic rings. The molecule has 0 unspecified atom stereocenters. The quantitative estimate of drug-likeness (QED) is 0.561. The number of nitrogens with zero attached hydrogens (tertiary/aromatic N) is 1. The molecule has 0 bridgehead atoms. The summed E-state index contributed by atoms with van der Waals surface area (Å²) in [5.41, 5.74) is 5.01. The minimum atomic E-state index is -0.375. The van der Waals surface area contributed by atoms with Gasteiger partial charge in [0.1, 0.15) is 11.5 Å². The summed E-state index contributed by atoms with van der Waals surface area (Å²) in [5.74, 6) is 0.785. The summed E-state index contributed by atoms with van der Waals surface area (Å²) in [6, 6.07) is 10.9. The zero-order chi connectivity index (χ0) is 18.4. The number of phenolic OH excluding ortho intramolecular Hbond substituents is 1. The summed E-state index contributed by atoms with van der Waals surface area (Å²) in [4.78, 5) is 11.9. The van der Waals surface area contributed by atoms with Gasteiger partial charge in [0, 0.05) is 10.0 Å². The smallest absolute Gasteiger partial charge is 0.277 e. The second-order valence-corrected chi connectivity index (χ2v) is 6.88. The summed E-state index contributed by atoms with van der Waals surface area (Å²) in [7, 11) is 0. The number of carbonyl (C=O) groups is 1. The Kier molecular flexibility index (Phi) is 6.58. The van der Waals surface area contributed by atoms with Gasteiger partial charge in [-0.05, 0) is 48.2 Å². The Hall–Kier alpha value is -2.34. The normalized spacial score (nSPS) is 11.1. The topological polar surface area (TPSA) is 70.9 Å². The SMILES string of the molecule is Cc1ccc(C(C)C)cc1OCC(=O)N/N=C\c1cc(Br)ccc1O. The maximum absolute atomic E-state index is 11.9. The van der Waals surface area contributed by atoms with Crippen LogP contribution in [0.15, 0.2) is 46.0 Å². The molecule has 0 fully saturated rings. The van der Waals surface area contributed by atoms with Crippen molar-refractivity contribution in [3.05, 3.63) is 57.6 Å². The number of hydrazone groups is 1. The van der Waals surface area contributed by atoms with Gasteiger partial charge in [-0.3, -0.25) is 4.79 Å². The molecule has 5 nitrogen and oxygen atoms in total. The van der Waals surface area contributed by atoms with Crippen LogP contribution in [0.1, 0.15) is 36.5 Å². The van der Waals surface area contributed by atoms with Crippen LogP contribution in [-0.4, -0.2) is 23.8 Å². The van der Waals surface area contributed by atoms with Crippen LogP contribution in [0, 0.1) is 6.92 Å². The van der Waals surface area contributed by atoms with Crippen LogP contribution in [0.25, 0.3) is 0 Å². The van der Waals surface area contributed by atoms with Crippen LogP contribution < -0.4 is 10.2 Å². The van der Waals surface area contributed by atoms with Gasteiger partial charge in [-0.25, -0.2) is 5.43 Å². The molecule has 0 atom stereocenters. The van der Waals surface area contributed by atoms with E-state index in [-0.39, 0.29) is 18.3 Å². The number of ether oxygens (including phenoxy) is 1. The first kappa shape index (κ1) is 19.0. The van der Waals surface area contributed by atoms with Crippen molar-refractivity contribution < 1.29 is 14.6 Å². The number of halogens is 1. The van der Waals surface area contributed by atoms with Crippen LogP contribution in [0.5, 0.6) is 11.5 Å². The molecule has 0 saturated carbocycles. The number of carbonyl (C=O) groups excluding carboxylic acids is 1. The van der Waals surface area contributed by atoms with Crippen LogP contribution in [0.2, 0.25) is 0 Å². The molecule has 0 radical (unpaired) electrons. The van der Waals surface area contributed by atoms with Gasteiger partial charge in [0.25, 0.3) is 5.91 Å². The lowest BCUT2D eigenvalue weighted by Crippen LogP contribution is -2.24. The van der Waals surface area contributed by atoms with Crippen molar-refractivity contribution in [1.82, 2.24) is 5.43 Å². The lowest BCUT2D eigenvalue weighted by Gasteiger charge is -2.12. The molecule has 2 N–H and O–H groups in total. The summed E-state index contributed by atoms with van der Waals surface area (Å²) >= 11 is 3.31. The number of aromatic hydroxyl groups is 1. The Morgan fingerprint density at radius 1 is 1.32 bits per heavy atom. The molecule has 0 aliphatic rings. The second kappa shape index (κ2) is 8.67. The Bertz CT molecular complexity index is 788. The predicted octanol–water partition coefficient (Wildman–Crippen LogP) is 4.12. The Morgan fingerprint density at radius 3 is 2.80 bits per heavy atom. The van der Waals surface area contributed by atoms with Crippen LogP contribution in [0.3, 0.4) is 0 Å². The number of rotatable bonds is 6. The maximum Gasteiger partial charge on any atom is 0.277 e. The van der Waals surface area contributed by atoms with E-state index in [1.54, 1.807) is 18.2 Å². The minimum absolute atomic E-state index is 0.0820. The van der Waals surface area contributed by atoms with Crippen molar-refractivity contribution in [3.8, 4) is 11.5 Å². The zero-order valence-electron chi connectivity index (χ0n) is 14.4. The van der Waals surface area contributed by atoms with Gasteiger partial charge in [0.15, 0.2) is 6.61 Å². The van der Waals surface area contributed by atoms with E-state index in [9.17, 15) is 9.90 Å². The van der Waals surface area contributed by atoms with Crippen molar-refractivity contribution in [3.63, 3.8) is 0 Å². The van der Waals surface area contributed by atoms with Crippen LogP contribution in [0.4, 0.5) is 0 Å². The number of hydrogen-bond acceptors (Lipinski definition) is 4. The van der Waals surface area contributed by atoms with Crippen molar-refractivity contribution in [1.29, 1.82) is 0 Å². The molecular formula is C19H21BrN2O3. The van der Waals surface area contributed by atoms with Crippen LogP contribution >= 0.6 is 15.9 Å². The minimum Gasteiger partial charge on any atom is -0.507 e. The maximum atomic E-state index is 11.9. The Balaban J connectivity index is 1.92. The molecule has 1 amide bonds. The third-order valence-corrected chi connectivity index (χ3v) is 4.11. The fraction of sp³-hybridized carbons (Fsp3) is 0.263. The van der Waals surface area contributed by atoms with Gasteiger partial charge in [0.2, 0.25) is 0 Å². The molecule has 2 aromatic carbocycles. The van der Waals surface area contributed by atoms with E-state index in [0.717, 1.165) is 15.6 Å². The van der Waals surface area contributed by atoms with E-state index in [2.05, 4.69) is 46.4 Å². The van der Waals surface area contributed by atoms with Crippen molar-refractivity contribution in [2.24, 2.45) is 5.10 Å². The van der Waals surface area contributed by atoms with E-state index >= 15 is 0 Å². The molecule has 132 valence electrons. The highest BCUT2D eigenvalue weighted by Crippen LogP contribution is 2.24. The van der Waals surface area contributed by atoms with Gasteiger partial charge in [-0.2, -0.15) is 5.10 Å². The third-order valence-electron chi connectivity index (χ3n) is 3.62. The van der Waals surface area contributed by atoms with Gasteiger partial charge in [-0.1, -0.05) is 41.9 Å². The monoisotopic (exact) mass is 404 g/mol. The standard InChI is InChI=1S/C19H21BrN2O3/c1-12(2)14-5-4-13(3)18(9-14)25-11-19(24)22-21-10-15-8-16(20)6-7-17(15)23/h4-10,12,23H,11H2,1-3H3,(H,22,24)/b21-10-. The molecule has 0 saturated heterocycles. The fourth-order valence-electron chi connectivity index (χ4n) is 2.11. The first-order chi connectivity index (χ1) is 11.9. The van der Waals surface area contributed by atoms with E-state index in [1.807, 2.05) is 19.1 Å². The lowest BCUT2D eigenvalue weighted by atomic mass is 10.0. The van der Waals surface area contributed by atoms with Gasteiger partial charge in [-0.15, -0.1) is 0 Å². The number of aryl methyl sites for hydroxylation is 1. The lowest BCUT2D eigenvalue weighted by molar-refractivity contribution is -0.123. The zero-order valence-corrected chi connectivity index (χ0v) is 16.0. The molecule has 0 spiro atoms. The molecule has 0 heterocycles. The Morgan fingerprint density at radius 2 is 2.08 bits per heavy atom. The first-order valence-electron chi connectivity index (χ1n) is 7.90. The van der Waals surface area contributed by atoms with E-state index in [4.69, 9.17) is 4.74 Å². The number of phenols is 1. The summed E-state index contributed by atoms with van der Waals surface area (Å²) in [6.07, 6.45) is 1.38.